The lowest BCUT2D eigenvalue weighted by Crippen LogP contribution is -2.14. The van der Waals surface area contributed by atoms with E-state index >= 15 is 0 Å². The number of benzene rings is 1. The van der Waals surface area contributed by atoms with Gasteiger partial charge in [-0.2, -0.15) is 4.98 Å². The minimum absolute atomic E-state index is 0.0837. The number of aryl methyl sites for hydroxylation is 1. The fourth-order valence-electron chi connectivity index (χ4n) is 2.19. The van der Waals surface area contributed by atoms with E-state index in [1.54, 1.807) is 0 Å². The van der Waals surface area contributed by atoms with Crippen LogP contribution < -0.4 is 14.8 Å². The summed E-state index contributed by atoms with van der Waals surface area (Å²) < 4.78 is 10.7. The van der Waals surface area contributed by atoms with E-state index in [0.29, 0.717) is 31.2 Å². The van der Waals surface area contributed by atoms with E-state index in [4.69, 9.17) is 9.47 Å². The first-order valence-electron chi connectivity index (χ1n) is 8.19. The zero-order valence-electron chi connectivity index (χ0n) is 14.1. The van der Waals surface area contributed by atoms with Crippen LogP contribution in [-0.2, 0) is 11.2 Å². The van der Waals surface area contributed by atoms with Crippen LogP contribution in [0.1, 0.15) is 32.3 Å². The molecule has 2 rings (SSSR count). The van der Waals surface area contributed by atoms with Crippen LogP contribution in [-0.4, -0.2) is 29.1 Å². The summed E-state index contributed by atoms with van der Waals surface area (Å²) in [5.74, 6) is 0.243. The van der Waals surface area contributed by atoms with Gasteiger partial charge in [-0.25, -0.2) is 4.98 Å². The molecule has 0 atom stereocenters. The van der Waals surface area contributed by atoms with Crippen molar-refractivity contribution in [2.75, 3.05) is 18.5 Å². The molecule has 1 N–H and O–H groups in total. The predicted octanol–water partition coefficient (Wildman–Crippen LogP) is 3.24. The highest BCUT2D eigenvalue weighted by Crippen LogP contribution is 2.23. The average molecular weight is 329 g/mol. The number of ether oxygens (including phenoxy) is 2. The topological polar surface area (TPSA) is 73.3 Å². The Morgan fingerprint density at radius 3 is 2.58 bits per heavy atom. The fraction of sp³-hybridized carbons (Fsp3) is 0.389. The van der Waals surface area contributed by atoms with Crippen molar-refractivity contribution < 1.29 is 14.3 Å². The van der Waals surface area contributed by atoms with Crippen molar-refractivity contribution in [2.45, 2.75) is 33.1 Å². The summed E-state index contributed by atoms with van der Waals surface area (Å²) in [6.07, 6.45) is 3.58. The van der Waals surface area contributed by atoms with E-state index in [0.717, 1.165) is 12.8 Å². The maximum atomic E-state index is 12.1. The van der Waals surface area contributed by atoms with Gasteiger partial charge in [-0.1, -0.05) is 30.3 Å². The number of carbonyl (C=O) groups is 1. The van der Waals surface area contributed by atoms with E-state index in [9.17, 15) is 4.79 Å². The van der Waals surface area contributed by atoms with Crippen LogP contribution in [0.25, 0.3) is 0 Å². The summed E-state index contributed by atoms with van der Waals surface area (Å²) >= 11 is 0. The molecule has 0 saturated heterocycles. The van der Waals surface area contributed by atoms with Gasteiger partial charge in [-0.05, 0) is 32.3 Å². The summed E-state index contributed by atoms with van der Waals surface area (Å²) in [4.78, 5) is 20.3. The number of hydrogen-bond donors (Lipinski definition) is 1. The largest absolute Gasteiger partial charge is 0.476 e. The quantitative estimate of drug-likeness (QED) is 0.764. The second kappa shape index (κ2) is 9.50. The highest BCUT2D eigenvalue weighted by Gasteiger charge is 2.12. The van der Waals surface area contributed by atoms with Gasteiger partial charge in [0.15, 0.2) is 0 Å². The SMILES string of the molecule is CCOc1ncc(NC(=O)CCCc2ccccc2)c(OCC)n1. The number of aromatic nitrogens is 2. The Labute approximate surface area is 142 Å². The first kappa shape index (κ1) is 17.7. The lowest BCUT2D eigenvalue weighted by Gasteiger charge is -2.11. The van der Waals surface area contributed by atoms with Crippen molar-refractivity contribution in [1.29, 1.82) is 0 Å². The Balaban J connectivity index is 1.90. The van der Waals surface area contributed by atoms with Crippen LogP contribution in [0.3, 0.4) is 0 Å². The van der Waals surface area contributed by atoms with Gasteiger partial charge < -0.3 is 14.8 Å². The molecule has 2 aromatic rings. The molecule has 0 bridgehead atoms. The number of nitrogens with one attached hydrogen (secondary N) is 1. The normalized spacial score (nSPS) is 10.2. The minimum atomic E-state index is -0.0837. The molecule has 128 valence electrons. The highest BCUT2D eigenvalue weighted by molar-refractivity contribution is 5.91. The van der Waals surface area contributed by atoms with Gasteiger partial charge >= 0.3 is 6.01 Å². The Morgan fingerprint density at radius 2 is 1.88 bits per heavy atom. The van der Waals surface area contributed by atoms with Crippen LogP contribution in [0.4, 0.5) is 5.69 Å². The predicted molar refractivity (Wildman–Crippen MR) is 92.4 cm³/mol. The molecule has 6 heteroatoms. The molecule has 1 heterocycles. The molecule has 0 radical (unpaired) electrons. The zero-order chi connectivity index (χ0) is 17.2. The standard InChI is InChI=1S/C18H23N3O3/c1-3-23-17-15(13-19-18(21-17)24-4-2)20-16(22)12-8-11-14-9-6-5-7-10-14/h5-7,9-10,13H,3-4,8,11-12H2,1-2H3,(H,20,22). The van der Waals surface area contributed by atoms with E-state index in [1.807, 2.05) is 32.0 Å². The Hall–Kier alpha value is -2.63. The molecule has 24 heavy (non-hydrogen) atoms. The molecule has 0 fully saturated rings. The molecule has 0 aliphatic heterocycles. The number of carbonyl (C=O) groups excluding carboxylic acids is 1. The van der Waals surface area contributed by atoms with Crippen molar-refractivity contribution in [2.24, 2.45) is 0 Å². The molecule has 1 aromatic heterocycles. The second-order valence-corrected chi connectivity index (χ2v) is 5.12. The van der Waals surface area contributed by atoms with Gasteiger partial charge in [-0.15, -0.1) is 0 Å². The van der Waals surface area contributed by atoms with E-state index < -0.39 is 0 Å². The number of rotatable bonds is 9. The lowest BCUT2D eigenvalue weighted by atomic mass is 10.1. The van der Waals surface area contributed by atoms with Crippen LogP contribution >= 0.6 is 0 Å². The van der Waals surface area contributed by atoms with Gasteiger partial charge in [0.25, 0.3) is 0 Å². The molecule has 0 aliphatic rings. The summed E-state index contributed by atoms with van der Waals surface area (Å²) in [5, 5.41) is 2.81. The average Bonchev–Trinajstić information content (AvgIpc) is 2.59. The molecule has 0 spiro atoms. The lowest BCUT2D eigenvalue weighted by molar-refractivity contribution is -0.116. The summed E-state index contributed by atoms with van der Waals surface area (Å²) in [6, 6.07) is 10.3. The number of hydrogen-bond acceptors (Lipinski definition) is 5. The van der Waals surface area contributed by atoms with E-state index in [2.05, 4.69) is 27.4 Å². The van der Waals surface area contributed by atoms with Crippen molar-refractivity contribution in [3.63, 3.8) is 0 Å². The van der Waals surface area contributed by atoms with Crippen LogP contribution in [0.5, 0.6) is 11.9 Å². The Kier molecular flexibility index (Phi) is 7.01. The molecular formula is C18H23N3O3. The first-order chi connectivity index (χ1) is 11.7. The molecule has 0 saturated carbocycles. The molecular weight excluding hydrogens is 306 g/mol. The summed E-state index contributed by atoms with van der Waals surface area (Å²) in [7, 11) is 0. The molecule has 0 unspecified atom stereocenters. The van der Waals surface area contributed by atoms with Gasteiger partial charge in [0.1, 0.15) is 5.69 Å². The molecule has 1 aromatic carbocycles. The molecule has 0 aliphatic carbocycles. The smallest absolute Gasteiger partial charge is 0.319 e. The van der Waals surface area contributed by atoms with E-state index in [-0.39, 0.29) is 11.9 Å². The van der Waals surface area contributed by atoms with Crippen molar-refractivity contribution >= 4 is 11.6 Å². The molecule has 1 amide bonds. The number of nitrogens with zero attached hydrogens (tertiary/aromatic N) is 2. The fourth-order valence-corrected chi connectivity index (χ4v) is 2.19. The zero-order valence-corrected chi connectivity index (χ0v) is 14.1. The van der Waals surface area contributed by atoms with Crippen molar-refractivity contribution in [1.82, 2.24) is 9.97 Å². The van der Waals surface area contributed by atoms with Crippen LogP contribution in [0.2, 0.25) is 0 Å². The Bertz CT molecular complexity index is 647. The first-order valence-corrected chi connectivity index (χ1v) is 8.19. The number of amides is 1. The summed E-state index contributed by atoms with van der Waals surface area (Å²) in [6.45, 7) is 4.62. The van der Waals surface area contributed by atoms with E-state index in [1.165, 1.54) is 11.8 Å². The van der Waals surface area contributed by atoms with Gasteiger partial charge in [0, 0.05) is 6.42 Å². The minimum Gasteiger partial charge on any atom is -0.476 e. The Morgan fingerprint density at radius 1 is 1.12 bits per heavy atom. The third-order valence-corrected chi connectivity index (χ3v) is 3.27. The monoisotopic (exact) mass is 329 g/mol. The van der Waals surface area contributed by atoms with Crippen molar-refractivity contribution in [3.8, 4) is 11.9 Å². The van der Waals surface area contributed by atoms with Crippen LogP contribution in [0, 0.1) is 0 Å². The third-order valence-electron chi connectivity index (χ3n) is 3.27. The maximum absolute atomic E-state index is 12.1. The van der Waals surface area contributed by atoms with Gasteiger partial charge in [0.05, 0.1) is 19.4 Å². The van der Waals surface area contributed by atoms with Crippen molar-refractivity contribution in [3.05, 3.63) is 42.1 Å². The third kappa shape index (κ3) is 5.53. The van der Waals surface area contributed by atoms with Gasteiger partial charge in [0.2, 0.25) is 11.8 Å². The number of anilines is 1. The maximum Gasteiger partial charge on any atom is 0.319 e. The second-order valence-electron chi connectivity index (χ2n) is 5.12. The van der Waals surface area contributed by atoms with Gasteiger partial charge in [-0.3, -0.25) is 4.79 Å². The highest BCUT2D eigenvalue weighted by atomic mass is 16.5. The summed E-state index contributed by atoms with van der Waals surface area (Å²) in [5.41, 5.74) is 1.69. The van der Waals surface area contributed by atoms with Crippen LogP contribution in [0.15, 0.2) is 36.5 Å². The molecule has 6 nitrogen and oxygen atoms in total.